The minimum atomic E-state index is -1.78. The first-order valence-corrected chi connectivity index (χ1v) is 23.7. The fourth-order valence-corrected chi connectivity index (χ4v) is 16.6. The van der Waals surface area contributed by atoms with Crippen LogP contribution < -0.4 is 88.1 Å². The second-order valence-corrected chi connectivity index (χ2v) is 21.6. The second-order valence-electron chi connectivity index (χ2n) is 13.9. The molecule has 4 nitrogen and oxygen atoms in total. The molecule has 1 aliphatic heterocycles. The molecule has 0 spiro atoms. The van der Waals surface area contributed by atoms with Gasteiger partial charge in [-0.25, -0.2) is 0 Å². The van der Waals surface area contributed by atoms with Crippen LogP contribution in [-0.2, 0) is 0 Å². The molecule has 0 radical (unpaired) electrons. The Morgan fingerprint density at radius 1 is 0.268 bits per heavy atom. The van der Waals surface area contributed by atoms with Gasteiger partial charge in [-0.2, -0.15) is 0 Å². The zero-order valence-corrected chi connectivity index (χ0v) is 38.0. The van der Waals surface area contributed by atoms with Crippen LogP contribution in [0.5, 0.6) is 23.0 Å². The van der Waals surface area contributed by atoms with Crippen molar-refractivity contribution >= 4 is 35.7 Å². The Labute approximate surface area is 369 Å². The number of halogens is 2. The molecule has 8 heteroatoms. The molecule has 6 aromatic carbocycles. The topological polar surface area (TPSA) is 36.9 Å². The normalized spacial score (nSPS) is 16.3. The number of rotatable bonds is 4. The van der Waals surface area contributed by atoms with Crippen LogP contribution in [0.1, 0.15) is 25.7 Å². The third kappa shape index (κ3) is 11.1. The Balaban J connectivity index is 0.00000300. The maximum atomic E-state index is 6.54. The minimum Gasteiger partial charge on any atom is -1.00 e. The predicted molar refractivity (Wildman–Crippen MR) is 231 cm³/mol. The van der Waals surface area contributed by atoms with E-state index in [1.807, 2.05) is 48.5 Å². The summed E-state index contributed by atoms with van der Waals surface area (Å²) in [5.74, 6) is 3.28. The van der Waals surface area contributed by atoms with Gasteiger partial charge < -0.3 is 66.9 Å². The molecule has 0 bridgehead atoms. The van der Waals surface area contributed by atoms with E-state index in [0.717, 1.165) is 73.3 Å². The number of hydrogen-bond donors (Lipinski definition) is 0. The van der Waals surface area contributed by atoms with Crippen molar-refractivity contribution in [3.63, 3.8) is 0 Å². The third-order valence-electron chi connectivity index (χ3n) is 10.5. The van der Waals surface area contributed by atoms with Gasteiger partial charge in [0.25, 0.3) is 0 Å². The van der Waals surface area contributed by atoms with E-state index in [1.54, 1.807) is 0 Å². The fraction of sp³-hybridized carbons (Fsp3) is 0.250. The van der Waals surface area contributed by atoms with Gasteiger partial charge in [0.2, 0.25) is 0 Å². The molecule has 292 valence electrons. The van der Waals surface area contributed by atoms with Crippen molar-refractivity contribution in [1.29, 1.82) is 0 Å². The van der Waals surface area contributed by atoms with Crippen molar-refractivity contribution in [2.75, 3.05) is 51.1 Å². The second kappa shape index (κ2) is 22.7. The summed E-state index contributed by atoms with van der Waals surface area (Å²) in [5.41, 5.74) is 0. The highest BCUT2D eigenvalue weighted by molar-refractivity contribution is 7.90. The van der Waals surface area contributed by atoms with E-state index in [2.05, 4.69) is 121 Å². The van der Waals surface area contributed by atoms with Crippen LogP contribution in [0.4, 0.5) is 0 Å². The van der Waals surface area contributed by atoms with E-state index < -0.39 is 14.5 Å². The summed E-state index contributed by atoms with van der Waals surface area (Å²) >= 11 is 0. The van der Waals surface area contributed by atoms with Crippen LogP contribution >= 0.6 is 14.5 Å². The summed E-state index contributed by atoms with van der Waals surface area (Å²) in [6.07, 6.45) is 7.94. The van der Waals surface area contributed by atoms with Gasteiger partial charge in [0.1, 0.15) is 0 Å². The molecular formula is C48H52I2O4P2. The third-order valence-corrected chi connectivity index (χ3v) is 19.9. The first kappa shape index (κ1) is 44.0. The average Bonchev–Trinajstić information content (AvgIpc) is 3.24. The highest BCUT2D eigenvalue weighted by atomic mass is 127. The Kier molecular flexibility index (Phi) is 17.8. The van der Waals surface area contributed by atoms with E-state index in [0.29, 0.717) is 26.4 Å². The molecule has 7 rings (SSSR count). The largest absolute Gasteiger partial charge is 1.00 e. The van der Waals surface area contributed by atoms with Gasteiger partial charge in [-0.05, 0) is 72.8 Å². The lowest BCUT2D eigenvalue weighted by molar-refractivity contribution is -0.001000. The quantitative estimate of drug-likeness (QED) is 0.199. The SMILES string of the molecule is [I-].[I-].c1ccc([P+]2(c3ccccc3)CCCOc3ccccc3OCCC[P+](c3ccccc3)(c3ccccc3)CCCOc3ccccc3OCCC2)cc1. The lowest BCUT2D eigenvalue weighted by atomic mass is 10.3. The van der Waals surface area contributed by atoms with Gasteiger partial charge in [0.15, 0.2) is 23.0 Å². The molecule has 6 aromatic rings. The van der Waals surface area contributed by atoms with Crippen molar-refractivity contribution in [3.05, 3.63) is 170 Å². The van der Waals surface area contributed by atoms with Crippen molar-refractivity contribution in [3.8, 4) is 23.0 Å². The van der Waals surface area contributed by atoms with Gasteiger partial charge in [-0.15, -0.1) is 0 Å². The fourth-order valence-electron chi connectivity index (χ4n) is 7.85. The molecule has 0 saturated heterocycles. The number of benzene rings is 6. The van der Waals surface area contributed by atoms with Gasteiger partial charge in [-0.3, -0.25) is 0 Å². The van der Waals surface area contributed by atoms with Crippen LogP contribution in [0.15, 0.2) is 170 Å². The molecule has 0 amide bonds. The lowest BCUT2D eigenvalue weighted by Crippen LogP contribution is -3.00. The molecule has 0 atom stereocenters. The molecule has 1 heterocycles. The smallest absolute Gasteiger partial charge is 0.161 e. The van der Waals surface area contributed by atoms with E-state index in [-0.39, 0.29) is 48.0 Å². The summed E-state index contributed by atoms with van der Waals surface area (Å²) < 4.78 is 26.2. The van der Waals surface area contributed by atoms with E-state index in [9.17, 15) is 0 Å². The lowest BCUT2D eigenvalue weighted by Gasteiger charge is -2.28. The van der Waals surface area contributed by atoms with Crippen LogP contribution in [-0.4, -0.2) is 51.1 Å². The molecule has 0 aromatic heterocycles. The minimum absolute atomic E-state index is 0. The maximum absolute atomic E-state index is 6.54. The molecule has 0 N–H and O–H groups in total. The number of hydrogen-bond acceptors (Lipinski definition) is 4. The summed E-state index contributed by atoms with van der Waals surface area (Å²) in [6.45, 7) is 2.50. The Hall–Kier alpha value is -3.16. The van der Waals surface area contributed by atoms with Gasteiger partial charge in [0, 0.05) is 25.7 Å². The van der Waals surface area contributed by atoms with Gasteiger partial charge >= 0.3 is 0 Å². The summed E-state index contributed by atoms with van der Waals surface area (Å²) in [7, 11) is -3.56. The van der Waals surface area contributed by atoms with Crippen LogP contribution in [0.25, 0.3) is 0 Å². The monoisotopic (exact) mass is 1010 g/mol. The van der Waals surface area contributed by atoms with E-state index in [1.165, 1.54) is 21.2 Å². The Bertz CT molecular complexity index is 1710. The standard InChI is InChI=1S/C48H52O4P2.2HI/c1-5-21-41(22-6-1)53(42-23-7-2-8-24-42)37-17-33-49-45-29-13-15-31-47(45)51-35-19-39-54(43-25-9-3-10-26-43,44-27-11-4-12-28-44)40-20-36-52-48-32-16-14-30-46(48)50-34-18-38-53;;/h1-16,21-32H,17-20,33-40H2;2*1H/q+2;;/p-2. The number of fused-ring (bicyclic) bond motifs is 2. The van der Waals surface area contributed by atoms with Crippen LogP contribution in [0.2, 0.25) is 0 Å². The van der Waals surface area contributed by atoms with Crippen molar-refractivity contribution < 1.29 is 66.9 Å². The van der Waals surface area contributed by atoms with Crippen LogP contribution in [0.3, 0.4) is 0 Å². The molecule has 0 aliphatic carbocycles. The van der Waals surface area contributed by atoms with Crippen molar-refractivity contribution in [1.82, 2.24) is 0 Å². The van der Waals surface area contributed by atoms with Crippen LogP contribution in [0, 0.1) is 0 Å². The molecule has 0 fully saturated rings. The Morgan fingerprint density at radius 3 is 0.679 bits per heavy atom. The van der Waals surface area contributed by atoms with Gasteiger partial charge in [-0.1, -0.05) is 97.1 Å². The summed E-state index contributed by atoms with van der Waals surface area (Å²) in [4.78, 5) is 0. The van der Waals surface area contributed by atoms with Crippen molar-refractivity contribution in [2.45, 2.75) is 25.7 Å². The molecule has 0 saturated carbocycles. The first-order valence-electron chi connectivity index (χ1n) is 19.4. The molecule has 1 aliphatic rings. The highest BCUT2D eigenvalue weighted by Gasteiger charge is 2.43. The number of para-hydroxylation sites is 4. The molecule has 56 heavy (non-hydrogen) atoms. The summed E-state index contributed by atoms with van der Waals surface area (Å²) in [5, 5.41) is 5.73. The summed E-state index contributed by atoms with van der Waals surface area (Å²) in [6, 6.07) is 60.9. The Morgan fingerprint density at radius 2 is 0.464 bits per heavy atom. The first-order chi connectivity index (χ1) is 26.8. The molecule has 0 unspecified atom stereocenters. The average molecular weight is 1010 g/mol. The predicted octanol–water partition coefficient (Wildman–Crippen LogP) is 3.82. The maximum Gasteiger partial charge on any atom is 0.161 e. The number of ether oxygens (including phenoxy) is 4. The van der Waals surface area contributed by atoms with Crippen molar-refractivity contribution in [2.24, 2.45) is 0 Å². The zero-order valence-electron chi connectivity index (χ0n) is 31.9. The zero-order chi connectivity index (χ0) is 36.7. The van der Waals surface area contributed by atoms with Gasteiger partial charge in [0.05, 0.1) is 86.8 Å². The highest BCUT2D eigenvalue weighted by Crippen LogP contribution is 2.58. The van der Waals surface area contributed by atoms with E-state index >= 15 is 0 Å². The molecular weight excluding hydrogens is 956 g/mol. The van der Waals surface area contributed by atoms with E-state index in [4.69, 9.17) is 18.9 Å².